The van der Waals surface area contributed by atoms with Crippen LogP contribution in [0.3, 0.4) is 0 Å². The lowest BCUT2D eigenvalue weighted by Crippen LogP contribution is -2.58. The average molecular weight is 327 g/mol. The van der Waals surface area contributed by atoms with E-state index in [1.807, 2.05) is 12.1 Å². The van der Waals surface area contributed by atoms with Gasteiger partial charge in [-0.3, -0.25) is 4.90 Å². The molecule has 1 saturated heterocycles. The van der Waals surface area contributed by atoms with Gasteiger partial charge in [-0.2, -0.15) is 0 Å². The first kappa shape index (κ1) is 15.4. The molecule has 1 atom stereocenters. The fourth-order valence-corrected chi connectivity index (χ4v) is 3.56. The van der Waals surface area contributed by atoms with E-state index in [2.05, 4.69) is 28.6 Å². The summed E-state index contributed by atoms with van der Waals surface area (Å²) in [6.07, 6.45) is 1.75. The number of hydrogen-bond donors (Lipinski definition) is 0. The lowest BCUT2D eigenvalue weighted by molar-refractivity contribution is 0.140. The number of benzene rings is 1. The molecule has 2 aromatic rings. The molecule has 0 N–H and O–H groups in total. The first-order chi connectivity index (χ1) is 11.6. The number of pyridine rings is 1. The van der Waals surface area contributed by atoms with Crippen molar-refractivity contribution in [1.82, 2.24) is 9.88 Å². The van der Waals surface area contributed by atoms with Gasteiger partial charge in [0.2, 0.25) is 0 Å². The highest BCUT2D eigenvalue weighted by atomic mass is 19.1. The zero-order valence-corrected chi connectivity index (χ0v) is 14.1. The molecule has 1 fully saturated rings. The lowest BCUT2D eigenvalue weighted by atomic mass is 10.1. The van der Waals surface area contributed by atoms with Crippen LogP contribution in [0.1, 0.15) is 13.8 Å². The van der Waals surface area contributed by atoms with Gasteiger partial charge in [0.15, 0.2) is 11.6 Å². The van der Waals surface area contributed by atoms with Crippen LogP contribution in [-0.2, 0) is 0 Å². The molecule has 4 rings (SSSR count). The molecule has 126 valence electrons. The van der Waals surface area contributed by atoms with Gasteiger partial charge in [0.1, 0.15) is 12.4 Å². The van der Waals surface area contributed by atoms with E-state index in [-0.39, 0.29) is 5.82 Å². The topological polar surface area (TPSA) is 28.6 Å². The van der Waals surface area contributed by atoms with Gasteiger partial charge in [-0.05, 0) is 26.0 Å². The van der Waals surface area contributed by atoms with E-state index in [0.29, 0.717) is 24.3 Å². The van der Waals surface area contributed by atoms with Gasteiger partial charge in [-0.1, -0.05) is 18.2 Å². The van der Waals surface area contributed by atoms with Gasteiger partial charge in [-0.15, -0.1) is 0 Å². The third-order valence-corrected chi connectivity index (χ3v) is 4.97. The molecule has 1 aromatic heterocycles. The average Bonchev–Trinajstić information content (AvgIpc) is 2.61. The summed E-state index contributed by atoms with van der Waals surface area (Å²) in [6, 6.07) is 9.55. The lowest BCUT2D eigenvalue weighted by Gasteiger charge is -2.46. The Balaban J connectivity index is 1.63. The second-order valence-corrected chi connectivity index (χ2v) is 6.77. The van der Waals surface area contributed by atoms with E-state index in [4.69, 9.17) is 4.74 Å². The Morgan fingerprint density at radius 2 is 2.08 bits per heavy atom. The van der Waals surface area contributed by atoms with Crippen LogP contribution in [0.25, 0.3) is 11.1 Å². The van der Waals surface area contributed by atoms with E-state index in [1.165, 1.54) is 6.07 Å². The van der Waals surface area contributed by atoms with Crippen LogP contribution < -0.4 is 9.64 Å². The summed E-state index contributed by atoms with van der Waals surface area (Å²) in [6.45, 7) is 8.08. The number of rotatable bonds is 2. The largest absolute Gasteiger partial charge is 0.487 e. The van der Waals surface area contributed by atoms with Crippen LogP contribution in [0.15, 0.2) is 36.5 Å². The summed E-state index contributed by atoms with van der Waals surface area (Å²) in [4.78, 5) is 9.42. The van der Waals surface area contributed by atoms with Crippen molar-refractivity contribution in [3.63, 3.8) is 0 Å². The van der Waals surface area contributed by atoms with Crippen molar-refractivity contribution in [3.05, 3.63) is 42.3 Å². The number of piperazine rings is 1. The van der Waals surface area contributed by atoms with E-state index in [0.717, 1.165) is 36.8 Å². The van der Waals surface area contributed by atoms with Crippen LogP contribution in [-0.4, -0.2) is 48.2 Å². The van der Waals surface area contributed by atoms with Crippen molar-refractivity contribution in [1.29, 1.82) is 0 Å². The number of ether oxygens (including phenoxy) is 1. The van der Waals surface area contributed by atoms with Crippen molar-refractivity contribution in [2.45, 2.75) is 25.9 Å². The Morgan fingerprint density at radius 1 is 1.25 bits per heavy atom. The van der Waals surface area contributed by atoms with E-state index >= 15 is 0 Å². The third-order valence-electron chi connectivity index (χ3n) is 4.97. The van der Waals surface area contributed by atoms with Crippen LogP contribution in [0.5, 0.6) is 5.75 Å². The molecule has 0 spiro atoms. The quantitative estimate of drug-likeness (QED) is 0.847. The minimum absolute atomic E-state index is 0.238. The first-order valence-corrected chi connectivity index (χ1v) is 8.52. The highest BCUT2D eigenvalue weighted by Gasteiger charge is 2.34. The SMILES string of the molecule is CC(C)N1CCN2c3ncc(-c4ccccc4F)cc3OCC2C1. The normalized spacial score (nSPS) is 20.5. The summed E-state index contributed by atoms with van der Waals surface area (Å²) < 4.78 is 20.0. The van der Waals surface area contributed by atoms with Crippen molar-refractivity contribution in [3.8, 4) is 16.9 Å². The highest BCUT2D eigenvalue weighted by molar-refractivity contribution is 5.69. The van der Waals surface area contributed by atoms with Crippen molar-refractivity contribution >= 4 is 5.82 Å². The van der Waals surface area contributed by atoms with Gasteiger partial charge >= 0.3 is 0 Å². The first-order valence-electron chi connectivity index (χ1n) is 8.52. The van der Waals surface area contributed by atoms with Gasteiger partial charge in [0, 0.05) is 43.0 Å². The zero-order valence-electron chi connectivity index (χ0n) is 14.1. The second-order valence-electron chi connectivity index (χ2n) is 6.77. The Morgan fingerprint density at radius 3 is 2.88 bits per heavy atom. The Hall–Kier alpha value is -2.14. The molecule has 24 heavy (non-hydrogen) atoms. The predicted octanol–water partition coefficient (Wildman–Crippen LogP) is 3.18. The molecule has 3 heterocycles. The molecule has 0 aliphatic carbocycles. The fraction of sp³-hybridized carbons (Fsp3) is 0.421. The minimum Gasteiger partial charge on any atom is -0.487 e. The maximum absolute atomic E-state index is 14.0. The van der Waals surface area contributed by atoms with Gasteiger partial charge in [0.25, 0.3) is 0 Å². The molecule has 4 nitrogen and oxygen atoms in total. The number of aromatic nitrogens is 1. The molecule has 0 amide bonds. The van der Waals surface area contributed by atoms with Gasteiger partial charge < -0.3 is 9.64 Å². The van der Waals surface area contributed by atoms with Gasteiger partial charge in [-0.25, -0.2) is 9.37 Å². The number of halogens is 1. The third kappa shape index (κ3) is 2.63. The second kappa shape index (κ2) is 6.06. The Bertz CT molecular complexity index is 749. The molecule has 0 radical (unpaired) electrons. The summed E-state index contributed by atoms with van der Waals surface area (Å²) in [7, 11) is 0. The molecule has 2 aliphatic heterocycles. The molecule has 2 aliphatic rings. The molecule has 0 bridgehead atoms. The number of nitrogens with zero attached hydrogens (tertiary/aromatic N) is 3. The maximum atomic E-state index is 14.0. The Kier molecular flexibility index (Phi) is 3.88. The van der Waals surface area contributed by atoms with E-state index in [9.17, 15) is 4.39 Å². The van der Waals surface area contributed by atoms with Crippen molar-refractivity contribution < 1.29 is 9.13 Å². The summed E-state index contributed by atoms with van der Waals surface area (Å²) in [5.74, 6) is 1.40. The van der Waals surface area contributed by atoms with Crippen LogP contribution >= 0.6 is 0 Å². The molecular weight excluding hydrogens is 305 g/mol. The molecular formula is C19H22FN3O. The Labute approximate surface area is 141 Å². The predicted molar refractivity (Wildman–Crippen MR) is 93.0 cm³/mol. The monoisotopic (exact) mass is 327 g/mol. The number of hydrogen-bond acceptors (Lipinski definition) is 4. The molecule has 0 saturated carbocycles. The molecule has 1 aromatic carbocycles. The smallest absolute Gasteiger partial charge is 0.171 e. The van der Waals surface area contributed by atoms with E-state index < -0.39 is 0 Å². The fourth-order valence-electron chi connectivity index (χ4n) is 3.56. The standard InChI is InChI=1S/C19H22FN3O/c1-13(2)22-7-8-23-15(11-22)12-24-18-9-14(10-21-19(18)23)16-5-3-4-6-17(16)20/h3-6,9-10,13,15H,7-8,11-12H2,1-2H3. The summed E-state index contributed by atoms with van der Waals surface area (Å²) in [5, 5.41) is 0. The summed E-state index contributed by atoms with van der Waals surface area (Å²) in [5.41, 5.74) is 1.31. The molecule has 5 heteroatoms. The summed E-state index contributed by atoms with van der Waals surface area (Å²) >= 11 is 0. The number of fused-ring (bicyclic) bond motifs is 3. The molecule has 1 unspecified atom stereocenters. The number of anilines is 1. The van der Waals surface area contributed by atoms with Gasteiger partial charge in [0.05, 0.1) is 6.04 Å². The van der Waals surface area contributed by atoms with Crippen LogP contribution in [0.4, 0.5) is 10.2 Å². The van der Waals surface area contributed by atoms with Crippen molar-refractivity contribution in [2.24, 2.45) is 0 Å². The minimum atomic E-state index is -0.238. The zero-order chi connectivity index (χ0) is 16.7. The van der Waals surface area contributed by atoms with E-state index in [1.54, 1.807) is 18.3 Å². The van der Waals surface area contributed by atoms with Crippen LogP contribution in [0.2, 0.25) is 0 Å². The van der Waals surface area contributed by atoms with Crippen molar-refractivity contribution in [2.75, 3.05) is 31.1 Å². The van der Waals surface area contributed by atoms with Crippen LogP contribution in [0, 0.1) is 5.82 Å². The highest BCUT2D eigenvalue weighted by Crippen LogP contribution is 2.36. The maximum Gasteiger partial charge on any atom is 0.171 e.